The molecule has 0 unspecified atom stereocenters. The molecule has 0 saturated carbocycles. The second kappa shape index (κ2) is 5.66. The zero-order valence-electron chi connectivity index (χ0n) is 11.2. The number of amides is 1. The van der Waals surface area contributed by atoms with Crippen molar-refractivity contribution in [3.8, 4) is 0 Å². The van der Waals surface area contributed by atoms with Gasteiger partial charge < -0.3 is 10.0 Å². The maximum Gasteiger partial charge on any atom is 0.305 e. The van der Waals surface area contributed by atoms with Crippen molar-refractivity contribution in [1.82, 2.24) is 14.7 Å². The zero-order valence-corrected chi connectivity index (χ0v) is 11.2. The number of rotatable bonds is 5. The molecule has 0 atom stereocenters. The van der Waals surface area contributed by atoms with E-state index in [4.69, 9.17) is 5.11 Å². The number of nitrogens with zero attached hydrogens (tertiary/aromatic N) is 3. The lowest BCUT2D eigenvalue weighted by Gasteiger charge is -2.26. The predicted molar refractivity (Wildman–Crippen MR) is 66.4 cm³/mol. The second-order valence-corrected chi connectivity index (χ2v) is 4.53. The van der Waals surface area contributed by atoms with E-state index in [9.17, 15) is 9.59 Å². The van der Waals surface area contributed by atoms with Crippen LogP contribution in [0.25, 0.3) is 0 Å². The van der Waals surface area contributed by atoms with E-state index in [1.165, 1.54) is 4.68 Å². The average molecular weight is 253 g/mol. The van der Waals surface area contributed by atoms with Crippen molar-refractivity contribution in [3.63, 3.8) is 0 Å². The standard InChI is InChI=1S/C12H19N3O3/c1-8(2)15(6-5-11(16)17)12(18)10-7-9(3)13-14(10)4/h7-8H,5-6H2,1-4H3,(H,16,17). The largest absolute Gasteiger partial charge is 0.481 e. The minimum absolute atomic E-state index is 0.0490. The summed E-state index contributed by atoms with van der Waals surface area (Å²) in [5.41, 5.74) is 1.24. The van der Waals surface area contributed by atoms with Gasteiger partial charge in [-0.3, -0.25) is 14.3 Å². The fraction of sp³-hybridized carbons (Fsp3) is 0.583. The molecule has 0 radical (unpaired) electrons. The van der Waals surface area contributed by atoms with Crippen LogP contribution in [0.1, 0.15) is 36.5 Å². The number of aliphatic carboxylic acids is 1. The Kier molecular flexibility index (Phi) is 4.47. The lowest BCUT2D eigenvalue weighted by atomic mass is 10.2. The van der Waals surface area contributed by atoms with E-state index in [1.807, 2.05) is 20.8 Å². The van der Waals surface area contributed by atoms with E-state index in [-0.39, 0.29) is 24.9 Å². The van der Waals surface area contributed by atoms with E-state index in [2.05, 4.69) is 5.10 Å². The monoisotopic (exact) mass is 253 g/mol. The molecular formula is C12H19N3O3. The molecule has 0 aliphatic rings. The molecule has 1 heterocycles. The highest BCUT2D eigenvalue weighted by Crippen LogP contribution is 2.10. The third-order valence-corrected chi connectivity index (χ3v) is 2.67. The predicted octanol–water partition coefficient (Wildman–Crippen LogP) is 1.05. The quantitative estimate of drug-likeness (QED) is 0.851. The van der Waals surface area contributed by atoms with Crippen molar-refractivity contribution >= 4 is 11.9 Å². The Morgan fingerprint density at radius 1 is 1.50 bits per heavy atom. The topological polar surface area (TPSA) is 75.4 Å². The van der Waals surface area contributed by atoms with Gasteiger partial charge in [0.05, 0.1) is 12.1 Å². The summed E-state index contributed by atoms with van der Waals surface area (Å²) in [6, 6.07) is 1.66. The molecule has 1 aromatic rings. The molecule has 0 spiro atoms. The van der Waals surface area contributed by atoms with Crippen LogP contribution in [0.4, 0.5) is 0 Å². The molecule has 1 N–H and O–H groups in total. The fourth-order valence-electron chi connectivity index (χ4n) is 1.77. The van der Waals surface area contributed by atoms with Crippen LogP contribution in [-0.2, 0) is 11.8 Å². The van der Waals surface area contributed by atoms with Crippen molar-refractivity contribution in [2.24, 2.45) is 7.05 Å². The fourth-order valence-corrected chi connectivity index (χ4v) is 1.77. The molecule has 0 saturated heterocycles. The van der Waals surface area contributed by atoms with E-state index in [0.717, 1.165) is 5.69 Å². The summed E-state index contributed by atoms with van der Waals surface area (Å²) < 4.78 is 1.52. The lowest BCUT2D eigenvalue weighted by molar-refractivity contribution is -0.137. The van der Waals surface area contributed by atoms with Crippen LogP contribution in [-0.4, -0.2) is 44.3 Å². The third kappa shape index (κ3) is 3.32. The highest BCUT2D eigenvalue weighted by atomic mass is 16.4. The van der Waals surface area contributed by atoms with Gasteiger partial charge in [-0.1, -0.05) is 0 Å². The summed E-state index contributed by atoms with van der Waals surface area (Å²) in [7, 11) is 1.70. The van der Waals surface area contributed by atoms with Gasteiger partial charge in [-0.05, 0) is 26.8 Å². The molecule has 0 aliphatic carbocycles. The minimum Gasteiger partial charge on any atom is -0.481 e. The van der Waals surface area contributed by atoms with Crippen molar-refractivity contribution in [1.29, 1.82) is 0 Å². The van der Waals surface area contributed by atoms with Gasteiger partial charge >= 0.3 is 5.97 Å². The number of aromatic nitrogens is 2. The first-order valence-electron chi connectivity index (χ1n) is 5.86. The van der Waals surface area contributed by atoms with Gasteiger partial charge in [0.15, 0.2) is 0 Å². The van der Waals surface area contributed by atoms with Crippen LogP contribution in [0.2, 0.25) is 0 Å². The van der Waals surface area contributed by atoms with Gasteiger partial charge in [0.25, 0.3) is 5.91 Å². The SMILES string of the molecule is Cc1cc(C(=O)N(CCC(=O)O)C(C)C)n(C)n1. The molecule has 18 heavy (non-hydrogen) atoms. The molecule has 0 fully saturated rings. The third-order valence-electron chi connectivity index (χ3n) is 2.67. The Labute approximate surface area is 106 Å². The Morgan fingerprint density at radius 2 is 2.11 bits per heavy atom. The molecule has 1 rings (SSSR count). The molecule has 100 valence electrons. The normalized spacial score (nSPS) is 10.7. The zero-order chi connectivity index (χ0) is 13.9. The molecular weight excluding hydrogens is 234 g/mol. The smallest absolute Gasteiger partial charge is 0.305 e. The summed E-state index contributed by atoms with van der Waals surface area (Å²) in [6.45, 7) is 5.75. The van der Waals surface area contributed by atoms with E-state index >= 15 is 0 Å². The number of carbonyl (C=O) groups is 2. The van der Waals surface area contributed by atoms with Crippen molar-refractivity contribution in [2.45, 2.75) is 33.2 Å². The van der Waals surface area contributed by atoms with Crippen LogP contribution in [0.15, 0.2) is 6.07 Å². The highest BCUT2D eigenvalue weighted by Gasteiger charge is 2.22. The molecule has 0 bridgehead atoms. The summed E-state index contributed by atoms with van der Waals surface area (Å²) >= 11 is 0. The first-order valence-corrected chi connectivity index (χ1v) is 5.86. The number of aryl methyl sites for hydroxylation is 2. The molecule has 6 heteroatoms. The number of carboxylic acid groups (broad SMARTS) is 1. The van der Waals surface area contributed by atoms with Crippen molar-refractivity contribution < 1.29 is 14.7 Å². The van der Waals surface area contributed by atoms with Crippen LogP contribution in [0, 0.1) is 6.92 Å². The van der Waals surface area contributed by atoms with Crippen molar-refractivity contribution in [3.05, 3.63) is 17.5 Å². The maximum absolute atomic E-state index is 12.3. The minimum atomic E-state index is -0.908. The first kappa shape index (κ1) is 14.2. The van der Waals surface area contributed by atoms with Gasteiger partial charge in [0, 0.05) is 19.6 Å². The lowest BCUT2D eigenvalue weighted by Crippen LogP contribution is -2.39. The van der Waals surface area contributed by atoms with Crippen LogP contribution >= 0.6 is 0 Å². The molecule has 0 aliphatic heterocycles. The average Bonchev–Trinajstić information content (AvgIpc) is 2.56. The summed E-state index contributed by atoms with van der Waals surface area (Å²) in [6.07, 6.45) is -0.0548. The number of hydrogen-bond donors (Lipinski definition) is 1. The van der Waals surface area contributed by atoms with E-state index in [0.29, 0.717) is 5.69 Å². The van der Waals surface area contributed by atoms with Gasteiger partial charge in [0.1, 0.15) is 5.69 Å². The molecule has 6 nitrogen and oxygen atoms in total. The molecule has 0 aromatic carbocycles. The molecule has 1 aromatic heterocycles. The first-order chi connectivity index (χ1) is 8.32. The highest BCUT2D eigenvalue weighted by molar-refractivity contribution is 5.93. The van der Waals surface area contributed by atoms with Gasteiger partial charge in [0.2, 0.25) is 0 Å². The van der Waals surface area contributed by atoms with Gasteiger partial charge in [-0.2, -0.15) is 5.10 Å². The Hall–Kier alpha value is -1.85. The Balaban J connectivity index is 2.89. The van der Waals surface area contributed by atoms with Crippen molar-refractivity contribution in [2.75, 3.05) is 6.54 Å². The number of carbonyl (C=O) groups excluding carboxylic acids is 1. The van der Waals surface area contributed by atoms with Crippen LogP contribution < -0.4 is 0 Å². The van der Waals surface area contributed by atoms with Crippen LogP contribution in [0.3, 0.4) is 0 Å². The van der Waals surface area contributed by atoms with Gasteiger partial charge in [-0.25, -0.2) is 0 Å². The van der Waals surface area contributed by atoms with E-state index in [1.54, 1.807) is 18.0 Å². The molecule has 1 amide bonds. The van der Waals surface area contributed by atoms with Crippen LogP contribution in [0.5, 0.6) is 0 Å². The Bertz CT molecular complexity index is 451. The summed E-state index contributed by atoms with van der Waals surface area (Å²) in [5.74, 6) is -1.09. The number of hydrogen-bond acceptors (Lipinski definition) is 3. The van der Waals surface area contributed by atoms with Gasteiger partial charge in [-0.15, -0.1) is 0 Å². The summed E-state index contributed by atoms with van der Waals surface area (Å²) in [4.78, 5) is 24.5. The second-order valence-electron chi connectivity index (χ2n) is 4.53. The van der Waals surface area contributed by atoms with E-state index < -0.39 is 5.97 Å². The number of carboxylic acids is 1. The summed E-state index contributed by atoms with van der Waals surface area (Å²) in [5, 5.41) is 12.8. The Morgan fingerprint density at radius 3 is 2.50 bits per heavy atom. The maximum atomic E-state index is 12.3.